The third kappa shape index (κ3) is 2.22. The number of piperazine rings is 1. The molecule has 3 nitrogen and oxygen atoms in total. The van der Waals surface area contributed by atoms with E-state index in [4.69, 9.17) is 4.42 Å². The number of nitrogens with zero attached hydrogens (tertiary/aromatic N) is 1. The first-order valence-corrected chi connectivity index (χ1v) is 6.20. The minimum absolute atomic E-state index is 0.0839. The highest BCUT2D eigenvalue weighted by Gasteiger charge is 2.35. The standard InChI is InChI=1S/C13H12F4N2O/c14-8-5-9-10(13(15,16)17)7-20-12(9)11(6-8)19-3-1-18-2-4-19/h5-7,18H,1-4H2. The van der Waals surface area contributed by atoms with E-state index in [1.165, 1.54) is 6.07 Å². The van der Waals surface area contributed by atoms with Crippen molar-refractivity contribution >= 4 is 16.7 Å². The zero-order valence-electron chi connectivity index (χ0n) is 10.4. The average Bonchev–Trinajstić information content (AvgIpc) is 2.82. The zero-order chi connectivity index (χ0) is 14.3. The van der Waals surface area contributed by atoms with Crippen LogP contribution in [0, 0.1) is 5.82 Å². The monoisotopic (exact) mass is 288 g/mol. The quantitative estimate of drug-likeness (QED) is 0.818. The van der Waals surface area contributed by atoms with E-state index in [1.807, 2.05) is 4.90 Å². The molecule has 1 aliphatic heterocycles. The first-order valence-electron chi connectivity index (χ1n) is 6.20. The molecule has 0 amide bonds. The fourth-order valence-corrected chi connectivity index (χ4v) is 2.44. The first kappa shape index (κ1) is 13.2. The lowest BCUT2D eigenvalue weighted by atomic mass is 10.1. The molecule has 108 valence electrons. The second-order valence-electron chi connectivity index (χ2n) is 4.69. The van der Waals surface area contributed by atoms with E-state index in [0.29, 0.717) is 38.1 Å². The van der Waals surface area contributed by atoms with Gasteiger partial charge >= 0.3 is 6.18 Å². The maximum absolute atomic E-state index is 13.6. The maximum atomic E-state index is 13.6. The highest BCUT2D eigenvalue weighted by Crippen LogP contribution is 2.39. The van der Waals surface area contributed by atoms with E-state index >= 15 is 0 Å². The second-order valence-corrected chi connectivity index (χ2v) is 4.69. The number of furan rings is 1. The van der Waals surface area contributed by atoms with Crippen molar-refractivity contribution in [1.29, 1.82) is 0 Å². The van der Waals surface area contributed by atoms with Gasteiger partial charge in [0.05, 0.1) is 5.69 Å². The van der Waals surface area contributed by atoms with Crippen LogP contribution in [0.15, 0.2) is 22.8 Å². The summed E-state index contributed by atoms with van der Waals surface area (Å²) in [4.78, 5) is 1.82. The molecule has 1 saturated heterocycles. The topological polar surface area (TPSA) is 28.4 Å². The molecule has 1 aliphatic rings. The molecule has 0 radical (unpaired) electrons. The fraction of sp³-hybridized carbons (Fsp3) is 0.385. The van der Waals surface area contributed by atoms with Crippen molar-refractivity contribution in [2.45, 2.75) is 6.18 Å². The molecule has 2 aromatic rings. The Morgan fingerprint density at radius 3 is 2.50 bits per heavy atom. The molecule has 1 aromatic heterocycles. The number of rotatable bonds is 1. The Morgan fingerprint density at radius 1 is 1.15 bits per heavy atom. The van der Waals surface area contributed by atoms with Gasteiger partial charge in [0, 0.05) is 37.6 Å². The Morgan fingerprint density at radius 2 is 1.85 bits per heavy atom. The minimum Gasteiger partial charge on any atom is -0.462 e. The van der Waals surface area contributed by atoms with Crippen LogP contribution in [0.5, 0.6) is 0 Å². The summed E-state index contributed by atoms with van der Waals surface area (Å²) in [5.74, 6) is -0.696. The Labute approximate surface area is 112 Å². The number of benzene rings is 1. The summed E-state index contributed by atoms with van der Waals surface area (Å²) in [5.41, 5.74) is -0.485. The number of hydrogen-bond donors (Lipinski definition) is 1. The Hall–Kier alpha value is -1.76. The molecule has 1 fully saturated rings. The lowest BCUT2D eigenvalue weighted by Crippen LogP contribution is -2.43. The molecule has 7 heteroatoms. The summed E-state index contributed by atoms with van der Waals surface area (Å²) in [7, 11) is 0. The highest BCUT2D eigenvalue weighted by atomic mass is 19.4. The Bertz CT molecular complexity index is 629. The SMILES string of the molecule is Fc1cc(N2CCNCC2)c2occ(C(F)(F)F)c2c1. The smallest absolute Gasteiger partial charge is 0.420 e. The van der Waals surface area contributed by atoms with Gasteiger partial charge in [0.2, 0.25) is 0 Å². The van der Waals surface area contributed by atoms with Crippen LogP contribution in [0.1, 0.15) is 5.56 Å². The third-order valence-corrected chi connectivity index (χ3v) is 3.38. The van der Waals surface area contributed by atoms with Crippen molar-refractivity contribution < 1.29 is 22.0 Å². The maximum Gasteiger partial charge on any atom is 0.420 e. The van der Waals surface area contributed by atoms with Gasteiger partial charge in [0.1, 0.15) is 17.6 Å². The number of anilines is 1. The summed E-state index contributed by atoms with van der Waals surface area (Å²) in [6.07, 6.45) is -3.91. The molecule has 2 heterocycles. The van der Waals surface area contributed by atoms with E-state index in [0.717, 1.165) is 6.07 Å². The highest BCUT2D eigenvalue weighted by molar-refractivity contribution is 5.92. The third-order valence-electron chi connectivity index (χ3n) is 3.38. The molecular formula is C13H12F4N2O. The average molecular weight is 288 g/mol. The lowest BCUT2D eigenvalue weighted by molar-refractivity contribution is -0.136. The predicted octanol–water partition coefficient (Wildman–Crippen LogP) is 3.00. The van der Waals surface area contributed by atoms with E-state index in [9.17, 15) is 17.6 Å². The van der Waals surface area contributed by atoms with Crippen LogP contribution in [0.4, 0.5) is 23.2 Å². The van der Waals surface area contributed by atoms with Gasteiger partial charge in [-0.2, -0.15) is 13.2 Å². The van der Waals surface area contributed by atoms with Gasteiger partial charge in [-0.3, -0.25) is 0 Å². The zero-order valence-corrected chi connectivity index (χ0v) is 10.4. The van der Waals surface area contributed by atoms with Gasteiger partial charge in [0.15, 0.2) is 5.58 Å². The molecule has 0 saturated carbocycles. The predicted molar refractivity (Wildman–Crippen MR) is 66.3 cm³/mol. The van der Waals surface area contributed by atoms with Gasteiger partial charge in [-0.15, -0.1) is 0 Å². The molecule has 0 spiro atoms. The summed E-state index contributed by atoms with van der Waals surface area (Å²) in [5, 5.41) is 2.90. The summed E-state index contributed by atoms with van der Waals surface area (Å²) < 4.78 is 57.3. The van der Waals surface area contributed by atoms with Crippen LogP contribution < -0.4 is 10.2 Å². The van der Waals surface area contributed by atoms with Gasteiger partial charge in [-0.05, 0) is 6.07 Å². The number of alkyl halides is 3. The van der Waals surface area contributed by atoms with Crippen LogP contribution in [0.25, 0.3) is 11.0 Å². The van der Waals surface area contributed by atoms with Gasteiger partial charge in [-0.1, -0.05) is 0 Å². The molecular weight excluding hydrogens is 276 g/mol. The lowest BCUT2D eigenvalue weighted by Gasteiger charge is -2.29. The summed E-state index contributed by atoms with van der Waals surface area (Å²) in [6.45, 7) is 2.59. The summed E-state index contributed by atoms with van der Waals surface area (Å²) in [6, 6.07) is 2.09. The van der Waals surface area contributed by atoms with Crippen LogP contribution >= 0.6 is 0 Å². The van der Waals surface area contributed by atoms with Crippen molar-refractivity contribution in [2.24, 2.45) is 0 Å². The first-order chi connectivity index (χ1) is 9.47. The molecule has 1 N–H and O–H groups in total. The fourth-order valence-electron chi connectivity index (χ4n) is 2.44. The van der Waals surface area contributed by atoms with Crippen molar-refractivity contribution in [1.82, 2.24) is 5.32 Å². The van der Waals surface area contributed by atoms with E-state index in [1.54, 1.807) is 0 Å². The van der Waals surface area contributed by atoms with Crippen molar-refractivity contribution in [3.05, 3.63) is 29.8 Å². The van der Waals surface area contributed by atoms with Crippen LogP contribution in [0.3, 0.4) is 0 Å². The normalized spacial score (nSPS) is 16.9. The molecule has 3 rings (SSSR count). The Balaban J connectivity index is 2.15. The van der Waals surface area contributed by atoms with E-state index in [2.05, 4.69) is 5.32 Å². The number of halogens is 4. The molecule has 0 atom stereocenters. The number of hydrogen-bond acceptors (Lipinski definition) is 3. The van der Waals surface area contributed by atoms with E-state index in [-0.39, 0.29) is 11.0 Å². The summed E-state index contributed by atoms with van der Waals surface area (Å²) >= 11 is 0. The molecule has 1 aromatic carbocycles. The molecule has 0 aliphatic carbocycles. The van der Waals surface area contributed by atoms with Crippen molar-refractivity contribution in [2.75, 3.05) is 31.1 Å². The number of nitrogens with one attached hydrogen (secondary N) is 1. The molecule has 0 unspecified atom stereocenters. The van der Waals surface area contributed by atoms with E-state index < -0.39 is 17.6 Å². The van der Waals surface area contributed by atoms with Crippen LogP contribution in [0.2, 0.25) is 0 Å². The van der Waals surface area contributed by atoms with Crippen LogP contribution in [-0.4, -0.2) is 26.2 Å². The Kier molecular flexibility index (Phi) is 3.08. The van der Waals surface area contributed by atoms with Gasteiger partial charge in [-0.25, -0.2) is 4.39 Å². The van der Waals surface area contributed by atoms with Crippen LogP contribution in [-0.2, 0) is 6.18 Å². The van der Waals surface area contributed by atoms with Crippen molar-refractivity contribution in [3.63, 3.8) is 0 Å². The van der Waals surface area contributed by atoms with Gasteiger partial charge < -0.3 is 14.6 Å². The minimum atomic E-state index is -4.56. The molecule has 20 heavy (non-hydrogen) atoms. The number of fused-ring (bicyclic) bond motifs is 1. The second kappa shape index (κ2) is 4.66. The molecule has 0 bridgehead atoms. The van der Waals surface area contributed by atoms with Crippen molar-refractivity contribution in [3.8, 4) is 0 Å². The van der Waals surface area contributed by atoms with Gasteiger partial charge in [0.25, 0.3) is 0 Å². The largest absolute Gasteiger partial charge is 0.462 e.